The molecule has 5 heteroatoms. The fourth-order valence-corrected chi connectivity index (χ4v) is 1.45. The molecule has 0 bridgehead atoms. The van der Waals surface area contributed by atoms with E-state index in [1.54, 1.807) is 49.6 Å². The first-order valence-corrected chi connectivity index (χ1v) is 5.29. The van der Waals surface area contributed by atoms with E-state index >= 15 is 0 Å². The Labute approximate surface area is 104 Å². The summed E-state index contributed by atoms with van der Waals surface area (Å²) in [5, 5.41) is 3.57. The van der Waals surface area contributed by atoms with E-state index in [1.165, 1.54) is 0 Å². The summed E-state index contributed by atoms with van der Waals surface area (Å²) in [6.07, 6.45) is 0. The van der Waals surface area contributed by atoms with Gasteiger partial charge in [0.25, 0.3) is 0 Å². The third kappa shape index (κ3) is 2.72. The highest BCUT2D eigenvalue weighted by molar-refractivity contribution is 5.53. The molecule has 0 fully saturated rings. The van der Waals surface area contributed by atoms with Crippen LogP contribution < -0.4 is 9.47 Å². The Morgan fingerprint density at radius 1 is 1.00 bits per heavy atom. The number of benzene rings is 2. The molecule has 90 valence electrons. The molecule has 0 aliphatic heterocycles. The number of nitrogens with zero attached hydrogens (tertiary/aromatic N) is 3. The highest BCUT2D eigenvalue weighted by Gasteiger charge is 2.02. The second-order valence-corrected chi connectivity index (χ2v) is 3.43. The van der Waals surface area contributed by atoms with E-state index in [1.807, 2.05) is 6.07 Å². The van der Waals surface area contributed by atoms with Crippen LogP contribution in [0.2, 0.25) is 0 Å². The minimum absolute atomic E-state index is 0.454. The Bertz CT molecular complexity index is 575. The number of hydrogen-bond acceptors (Lipinski definition) is 3. The number of azide groups is 1. The van der Waals surface area contributed by atoms with Crippen molar-refractivity contribution in [3.63, 3.8) is 0 Å². The zero-order valence-electron chi connectivity index (χ0n) is 9.78. The summed E-state index contributed by atoms with van der Waals surface area (Å²) in [7, 11) is 1.60. The van der Waals surface area contributed by atoms with E-state index in [-0.39, 0.29) is 0 Å². The summed E-state index contributed by atoms with van der Waals surface area (Å²) in [6.45, 7) is 0. The van der Waals surface area contributed by atoms with Crippen molar-refractivity contribution >= 4 is 5.69 Å². The van der Waals surface area contributed by atoms with Crippen molar-refractivity contribution < 1.29 is 9.47 Å². The van der Waals surface area contributed by atoms with E-state index < -0.39 is 0 Å². The lowest BCUT2D eigenvalue weighted by Gasteiger charge is -2.08. The zero-order chi connectivity index (χ0) is 12.8. The molecule has 0 spiro atoms. The molecule has 0 atom stereocenters. The van der Waals surface area contributed by atoms with Crippen LogP contribution in [0.15, 0.2) is 53.6 Å². The molecule has 0 radical (unpaired) electrons. The summed E-state index contributed by atoms with van der Waals surface area (Å²) < 4.78 is 10.7. The van der Waals surface area contributed by atoms with Gasteiger partial charge in [-0.25, -0.2) is 0 Å². The lowest BCUT2D eigenvalue weighted by Crippen LogP contribution is -1.85. The molecule has 2 rings (SSSR count). The summed E-state index contributed by atoms with van der Waals surface area (Å²) in [6, 6.07) is 14.2. The van der Waals surface area contributed by atoms with Gasteiger partial charge in [0.1, 0.15) is 17.2 Å². The average Bonchev–Trinajstić information content (AvgIpc) is 2.42. The molecule has 5 nitrogen and oxygen atoms in total. The molecule has 0 aromatic heterocycles. The van der Waals surface area contributed by atoms with E-state index in [0.29, 0.717) is 17.2 Å². The Morgan fingerprint density at radius 2 is 1.67 bits per heavy atom. The summed E-state index contributed by atoms with van der Waals surface area (Å²) in [5.74, 6) is 1.92. The molecule has 0 aliphatic rings. The van der Waals surface area contributed by atoms with E-state index in [0.717, 1.165) is 5.75 Å². The fourth-order valence-electron chi connectivity index (χ4n) is 1.45. The number of methoxy groups -OCH3 is 1. The monoisotopic (exact) mass is 241 g/mol. The van der Waals surface area contributed by atoms with Crippen LogP contribution in [0.3, 0.4) is 0 Å². The van der Waals surface area contributed by atoms with Crippen molar-refractivity contribution in [2.75, 3.05) is 7.11 Å². The zero-order valence-corrected chi connectivity index (χ0v) is 9.78. The third-order valence-corrected chi connectivity index (χ3v) is 2.30. The second-order valence-electron chi connectivity index (χ2n) is 3.43. The predicted octanol–water partition coefficient (Wildman–Crippen LogP) is 4.43. The summed E-state index contributed by atoms with van der Waals surface area (Å²) >= 11 is 0. The van der Waals surface area contributed by atoms with Crippen LogP contribution in [0, 0.1) is 0 Å². The standard InChI is InChI=1S/C13H11N3O2/c1-17-10-6-8-11(9-7-10)18-13-5-3-2-4-12(13)15-16-14/h2-9H,1H3. The van der Waals surface area contributed by atoms with Crippen molar-refractivity contribution in [2.24, 2.45) is 5.11 Å². The summed E-state index contributed by atoms with van der Waals surface area (Å²) in [5.41, 5.74) is 8.92. The second kappa shape index (κ2) is 5.61. The van der Waals surface area contributed by atoms with Crippen LogP contribution >= 0.6 is 0 Å². The smallest absolute Gasteiger partial charge is 0.137 e. The lowest BCUT2D eigenvalue weighted by atomic mass is 10.3. The number of hydrogen-bond donors (Lipinski definition) is 0. The maximum absolute atomic E-state index is 8.46. The van der Waals surface area contributed by atoms with Gasteiger partial charge >= 0.3 is 0 Å². The average molecular weight is 241 g/mol. The normalized spacial score (nSPS) is 9.39. The molecule has 0 heterocycles. The molecule has 0 saturated carbocycles. The van der Waals surface area contributed by atoms with Crippen LogP contribution in [-0.2, 0) is 0 Å². The maximum Gasteiger partial charge on any atom is 0.137 e. The van der Waals surface area contributed by atoms with Gasteiger partial charge in [-0.1, -0.05) is 17.2 Å². The van der Waals surface area contributed by atoms with Gasteiger partial charge in [0.2, 0.25) is 0 Å². The molecule has 0 aliphatic carbocycles. The van der Waals surface area contributed by atoms with Crippen molar-refractivity contribution in [3.05, 3.63) is 59.0 Å². The number of ether oxygens (including phenoxy) is 2. The Morgan fingerprint density at radius 3 is 2.33 bits per heavy atom. The fraction of sp³-hybridized carbons (Fsp3) is 0.0769. The van der Waals surface area contributed by atoms with Gasteiger partial charge in [0.05, 0.1) is 12.8 Å². The molecule has 0 N–H and O–H groups in total. The first-order valence-electron chi connectivity index (χ1n) is 5.29. The number of para-hydroxylation sites is 1. The molecule has 2 aromatic carbocycles. The van der Waals surface area contributed by atoms with Gasteiger partial charge in [0.15, 0.2) is 0 Å². The molecule has 2 aromatic rings. The highest BCUT2D eigenvalue weighted by Crippen LogP contribution is 2.32. The SMILES string of the molecule is COc1ccc(Oc2ccccc2N=[N+]=[N-])cc1. The Hall–Kier alpha value is -2.65. The molecule has 0 saturated heterocycles. The summed E-state index contributed by atoms with van der Waals surface area (Å²) in [4.78, 5) is 2.76. The van der Waals surface area contributed by atoms with Crippen LogP contribution in [0.1, 0.15) is 0 Å². The van der Waals surface area contributed by atoms with Crippen LogP contribution in [0.5, 0.6) is 17.2 Å². The lowest BCUT2D eigenvalue weighted by molar-refractivity contribution is 0.413. The van der Waals surface area contributed by atoms with Crippen molar-refractivity contribution in [1.82, 2.24) is 0 Å². The first kappa shape index (κ1) is 11.8. The van der Waals surface area contributed by atoms with Gasteiger partial charge in [-0.3, -0.25) is 0 Å². The van der Waals surface area contributed by atoms with Gasteiger partial charge in [-0.15, -0.1) is 0 Å². The van der Waals surface area contributed by atoms with Gasteiger partial charge < -0.3 is 9.47 Å². The third-order valence-electron chi connectivity index (χ3n) is 2.30. The van der Waals surface area contributed by atoms with Crippen LogP contribution in [0.4, 0.5) is 5.69 Å². The minimum atomic E-state index is 0.454. The highest BCUT2D eigenvalue weighted by atomic mass is 16.5. The van der Waals surface area contributed by atoms with Crippen molar-refractivity contribution in [1.29, 1.82) is 0 Å². The largest absolute Gasteiger partial charge is 0.497 e. The molecule has 18 heavy (non-hydrogen) atoms. The Balaban J connectivity index is 2.25. The number of rotatable bonds is 4. The van der Waals surface area contributed by atoms with Crippen molar-refractivity contribution in [3.8, 4) is 17.2 Å². The van der Waals surface area contributed by atoms with Crippen molar-refractivity contribution in [2.45, 2.75) is 0 Å². The molecule has 0 unspecified atom stereocenters. The quantitative estimate of drug-likeness (QED) is 0.451. The van der Waals surface area contributed by atoms with E-state index in [4.69, 9.17) is 15.0 Å². The van der Waals surface area contributed by atoms with Crippen LogP contribution in [0.25, 0.3) is 10.4 Å². The maximum atomic E-state index is 8.46. The topological polar surface area (TPSA) is 67.2 Å². The molecular weight excluding hydrogens is 230 g/mol. The van der Waals surface area contributed by atoms with Gasteiger partial charge in [0, 0.05) is 4.91 Å². The minimum Gasteiger partial charge on any atom is -0.497 e. The predicted molar refractivity (Wildman–Crippen MR) is 68.3 cm³/mol. The first-order chi connectivity index (χ1) is 8.83. The van der Waals surface area contributed by atoms with Gasteiger partial charge in [-0.05, 0) is 41.9 Å². The van der Waals surface area contributed by atoms with Crippen LogP contribution in [-0.4, -0.2) is 7.11 Å². The molecular formula is C13H11N3O2. The van der Waals surface area contributed by atoms with E-state index in [9.17, 15) is 0 Å². The van der Waals surface area contributed by atoms with E-state index in [2.05, 4.69) is 10.0 Å². The Kier molecular flexibility index (Phi) is 3.69. The molecule has 0 amide bonds. The van der Waals surface area contributed by atoms with Gasteiger partial charge in [-0.2, -0.15) is 0 Å².